The molecule has 1 saturated heterocycles. The van der Waals surface area contributed by atoms with Gasteiger partial charge in [0, 0.05) is 25.0 Å². The molecule has 2 fully saturated rings. The van der Waals surface area contributed by atoms with Crippen molar-refractivity contribution in [3.05, 3.63) is 65.2 Å². The van der Waals surface area contributed by atoms with E-state index in [2.05, 4.69) is 15.3 Å². The van der Waals surface area contributed by atoms with Crippen molar-refractivity contribution in [2.75, 3.05) is 11.4 Å². The van der Waals surface area contributed by atoms with Gasteiger partial charge in [0.25, 0.3) is 5.91 Å². The Balaban J connectivity index is 1.26. The fourth-order valence-corrected chi connectivity index (χ4v) is 5.22. The Morgan fingerprint density at radius 1 is 1.12 bits per heavy atom. The first-order valence-electron chi connectivity index (χ1n) is 10.7. The molecule has 3 heterocycles. The summed E-state index contributed by atoms with van der Waals surface area (Å²) in [6.45, 7) is 0.565. The van der Waals surface area contributed by atoms with E-state index in [-0.39, 0.29) is 22.9 Å². The molecule has 0 unspecified atom stereocenters. The molecule has 1 N–H and O–H groups in total. The Bertz CT molecular complexity index is 1200. The van der Waals surface area contributed by atoms with Crippen LogP contribution in [0.3, 0.4) is 0 Å². The van der Waals surface area contributed by atoms with Crippen LogP contribution in [0.4, 0.5) is 10.1 Å². The molecular weight excluding hydrogens is 431 g/mol. The average molecular weight is 453 g/mol. The van der Waals surface area contributed by atoms with Gasteiger partial charge in [0.15, 0.2) is 0 Å². The van der Waals surface area contributed by atoms with Crippen LogP contribution in [0.15, 0.2) is 48.8 Å². The number of nitrogens with zero attached hydrogens (tertiary/aromatic N) is 3. The van der Waals surface area contributed by atoms with E-state index in [1.165, 1.54) is 12.1 Å². The molecule has 5 rings (SSSR count). The number of hydrogen-bond acceptors (Lipinski definition) is 4. The zero-order valence-electron chi connectivity index (χ0n) is 17.4. The molecule has 0 bridgehead atoms. The Morgan fingerprint density at radius 3 is 2.72 bits per heavy atom. The highest BCUT2D eigenvalue weighted by Crippen LogP contribution is 2.47. The predicted molar refractivity (Wildman–Crippen MR) is 120 cm³/mol. The molecule has 0 radical (unpaired) electrons. The summed E-state index contributed by atoms with van der Waals surface area (Å²) in [5.74, 6) is -0.553. The SMILES string of the molecule is O=C(NC1CCC2(CC1)CCN(c1ccc(F)cc1Cl)C2=O)c1ccnc2cccnc12. The molecule has 1 aliphatic carbocycles. The van der Waals surface area contributed by atoms with Crippen LogP contribution in [0.25, 0.3) is 11.0 Å². The van der Waals surface area contributed by atoms with Gasteiger partial charge in [-0.25, -0.2) is 4.39 Å². The zero-order valence-corrected chi connectivity index (χ0v) is 18.1. The number of carbonyl (C=O) groups excluding carboxylic acids is 2. The third kappa shape index (κ3) is 3.60. The molecule has 1 aromatic carbocycles. The van der Waals surface area contributed by atoms with Gasteiger partial charge in [0.1, 0.15) is 11.3 Å². The molecule has 2 amide bonds. The molecule has 3 aromatic rings. The largest absolute Gasteiger partial charge is 0.349 e. The fraction of sp³-hybridized carbons (Fsp3) is 0.333. The Hall–Kier alpha value is -3.06. The van der Waals surface area contributed by atoms with Crippen molar-refractivity contribution >= 4 is 40.1 Å². The number of hydrogen-bond donors (Lipinski definition) is 1. The van der Waals surface area contributed by atoms with Crippen LogP contribution >= 0.6 is 11.6 Å². The lowest BCUT2D eigenvalue weighted by molar-refractivity contribution is -0.127. The summed E-state index contributed by atoms with van der Waals surface area (Å²) >= 11 is 6.19. The number of pyridine rings is 2. The van der Waals surface area contributed by atoms with Gasteiger partial charge in [-0.15, -0.1) is 0 Å². The van der Waals surface area contributed by atoms with Crippen LogP contribution in [0.1, 0.15) is 42.5 Å². The lowest BCUT2D eigenvalue weighted by Gasteiger charge is -2.36. The fourth-order valence-electron chi connectivity index (χ4n) is 4.96. The van der Waals surface area contributed by atoms with Gasteiger partial charge in [-0.3, -0.25) is 19.6 Å². The van der Waals surface area contributed by atoms with Crippen LogP contribution in [-0.4, -0.2) is 34.4 Å². The number of aromatic nitrogens is 2. The van der Waals surface area contributed by atoms with Gasteiger partial charge in [0.2, 0.25) is 5.91 Å². The number of fused-ring (bicyclic) bond motifs is 1. The summed E-state index contributed by atoms with van der Waals surface area (Å²) in [6.07, 6.45) is 6.83. The maximum atomic E-state index is 13.4. The molecule has 2 aliphatic rings. The van der Waals surface area contributed by atoms with E-state index >= 15 is 0 Å². The Kier molecular flexibility index (Phi) is 5.29. The summed E-state index contributed by atoms with van der Waals surface area (Å²) in [5, 5.41) is 3.36. The van der Waals surface area contributed by atoms with Gasteiger partial charge >= 0.3 is 0 Å². The lowest BCUT2D eigenvalue weighted by Crippen LogP contribution is -2.44. The summed E-state index contributed by atoms with van der Waals surface area (Å²) in [6, 6.07) is 9.42. The summed E-state index contributed by atoms with van der Waals surface area (Å²) < 4.78 is 13.4. The predicted octanol–water partition coefficient (Wildman–Crippen LogP) is 4.52. The average Bonchev–Trinajstić information content (AvgIpc) is 3.10. The zero-order chi connectivity index (χ0) is 22.3. The van der Waals surface area contributed by atoms with E-state index in [0.29, 0.717) is 41.7 Å². The Labute approximate surface area is 189 Å². The van der Waals surface area contributed by atoms with E-state index in [1.807, 2.05) is 6.07 Å². The third-order valence-electron chi connectivity index (χ3n) is 6.73. The molecule has 8 heteroatoms. The summed E-state index contributed by atoms with van der Waals surface area (Å²) in [7, 11) is 0. The normalized spacial score (nSPS) is 23.1. The maximum absolute atomic E-state index is 13.4. The minimum atomic E-state index is -0.441. The first kappa shape index (κ1) is 20.8. The van der Waals surface area contributed by atoms with Crippen molar-refractivity contribution in [3.63, 3.8) is 0 Å². The van der Waals surface area contributed by atoms with E-state index in [4.69, 9.17) is 11.6 Å². The highest BCUT2D eigenvalue weighted by atomic mass is 35.5. The second-order valence-electron chi connectivity index (χ2n) is 8.56. The van der Waals surface area contributed by atoms with Crippen LogP contribution < -0.4 is 10.2 Å². The number of anilines is 1. The monoisotopic (exact) mass is 452 g/mol. The van der Waals surface area contributed by atoms with Crippen LogP contribution in [-0.2, 0) is 4.79 Å². The number of amides is 2. The number of halogens is 2. The van der Waals surface area contributed by atoms with E-state index in [9.17, 15) is 14.0 Å². The van der Waals surface area contributed by atoms with Gasteiger partial charge in [-0.05, 0) is 68.5 Å². The van der Waals surface area contributed by atoms with Gasteiger partial charge in [-0.1, -0.05) is 11.6 Å². The van der Waals surface area contributed by atoms with Crippen molar-refractivity contribution in [2.24, 2.45) is 5.41 Å². The smallest absolute Gasteiger partial charge is 0.253 e. The summed E-state index contributed by atoms with van der Waals surface area (Å²) in [5.41, 5.74) is 1.88. The first-order valence-corrected chi connectivity index (χ1v) is 11.1. The molecule has 2 aromatic heterocycles. The molecule has 0 atom stereocenters. The standard InChI is InChI=1S/C24H22ClFN4O2/c25-18-14-15(26)3-4-20(18)30-13-10-24(23(30)32)8-5-16(6-9-24)29-22(31)17-7-12-27-19-2-1-11-28-21(17)19/h1-4,7,11-12,14,16H,5-6,8-10,13H2,(H,29,31). The van der Waals surface area contributed by atoms with Gasteiger partial charge in [0.05, 0.1) is 27.2 Å². The third-order valence-corrected chi connectivity index (χ3v) is 7.03. The Morgan fingerprint density at radius 2 is 1.94 bits per heavy atom. The molecular formula is C24H22ClFN4O2. The molecule has 1 spiro atoms. The van der Waals surface area contributed by atoms with Crippen molar-refractivity contribution < 1.29 is 14.0 Å². The van der Waals surface area contributed by atoms with Crippen molar-refractivity contribution in [1.29, 1.82) is 0 Å². The van der Waals surface area contributed by atoms with E-state index in [1.54, 1.807) is 35.5 Å². The minimum Gasteiger partial charge on any atom is -0.349 e. The molecule has 32 heavy (non-hydrogen) atoms. The minimum absolute atomic E-state index is 0.00342. The van der Waals surface area contributed by atoms with Crippen molar-refractivity contribution in [3.8, 4) is 0 Å². The van der Waals surface area contributed by atoms with Gasteiger partial charge in [-0.2, -0.15) is 0 Å². The van der Waals surface area contributed by atoms with Gasteiger partial charge < -0.3 is 10.2 Å². The molecule has 164 valence electrons. The molecule has 1 saturated carbocycles. The highest BCUT2D eigenvalue weighted by Gasteiger charge is 2.49. The maximum Gasteiger partial charge on any atom is 0.253 e. The quantitative estimate of drug-likeness (QED) is 0.634. The number of rotatable bonds is 3. The van der Waals surface area contributed by atoms with E-state index in [0.717, 1.165) is 19.3 Å². The number of carbonyl (C=O) groups is 2. The van der Waals surface area contributed by atoms with Crippen LogP contribution in [0.5, 0.6) is 0 Å². The molecule has 1 aliphatic heterocycles. The number of benzene rings is 1. The van der Waals surface area contributed by atoms with Crippen molar-refractivity contribution in [1.82, 2.24) is 15.3 Å². The van der Waals surface area contributed by atoms with Crippen LogP contribution in [0.2, 0.25) is 5.02 Å². The summed E-state index contributed by atoms with van der Waals surface area (Å²) in [4.78, 5) is 36.4. The van der Waals surface area contributed by atoms with Crippen molar-refractivity contribution in [2.45, 2.75) is 38.1 Å². The second kappa shape index (κ2) is 8.13. The number of nitrogens with one attached hydrogen (secondary N) is 1. The van der Waals surface area contributed by atoms with E-state index < -0.39 is 11.2 Å². The highest BCUT2D eigenvalue weighted by molar-refractivity contribution is 6.34. The second-order valence-corrected chi connectivity index (χ2v) is 8.97. The topological polar surface area (TPSA) is 75.2 Å². The molecule has 6 nitrogen and oxygen atoms in total. The first-order chi connectivity index (χ1) is 15.5. The lowest BCUT2D eigenvalue weighted by atomic mass is 9.71. The van der Waals surface area contributed by atoms with Crippen LogP contribution in [0, 0.1) is 11.2 Å².